The van der Waals surface area contributed by atoms with E-state index >= 15 is 0 Å². The lowest BCUT2D eigenvalue weighted by Crippen LogP contribution is -2.61. The van der Waals surface area contributed by atoms with Gasteiger partial charge in [0.25, 0.3) is 0 Å². The number of halogens is 1. The first-order chi connectivity index (χ1) is 19.0. The van der Waals surface area contributed by atoms with Gasteiger partial charge in [-0.05, 0) is 51.7 Å². The number of carbonyl (C=O) groups excluding carboxylic acids is 1. The maximum atomic E-state index is 12.8. The maximum absolute atomic E-state index is 12.8. The molecule has 210 valence electrons. The zero-order valence-electron chi connectivity index (χ0n) is 22.2. The molecular weight excluding hydrogens is 590 g/mol. The summed E-state index contributed by atoms with van der Waals surface area (Å²) in [7, 11) is 6.19. The zero-order valence-corrected chi connectivity index (χ0v) is 24.6. The molecule has 2 aromatic carbocycles. The number of esters is 1. The third kappa shape index (κ3) is 5.88. The summed E-state index contributed by atoms with van der Waals surface area (Å²) in [5, 5.41) is 11.4. The first-order valence-electron chi connectivity index (χ1n) is 12.7. The van der Waals surface area contributed by atoms with E-state index in [4.69, 9.17) is 28.4 Å². The molecule has 12 heteroatoms. The lowest BCUT2D eigenvalue weighted by molar-refractivity contribution is -0.307. The van der Waals surface area contributed by atoms with E-state index in [0.29, 0.717) is 15.8 Å². The highest BCUT2D eigenvalue weighted by atomic mass is 79.9. The molecule has 2 fully saturated rings. The third-order valence-electron chi connectivity index (χ3n) is 7.15. The van der Waals surface area contributed by atoms with Crippen LogP contribution in [0.4, 0.5) is 0 Å². The van der Waals surface area contributed by atoms with E-state index in [1.807, 2.05) is 10.6 Å². The van der Waals surface area contributed by atoms with Crippen LogP contribution in [0.5, 0.6) is 0 Å². The van der Waals surface area contributed by atoms with E-state index < -0.39 is 36.7 Å². The highest BCUT2D eigenvalue weighted by Gasteiger charge is 2.47. The van der Waals surface area contributed by atoms with Crippen molar-refractivity contribution in [3.8, 4) is 5.69 Å². The van der Waals surface area contributed by atoms with Crippen molar-refractivity contribution in [2.45, 2.75) is 54.6 Å². The molecule has 1 saturated carbocycles. The summed E-state index contributed by atoms with van der Waals surface area (Å²) in [6.07, 6.45) is -0.310. The summed E-state index contributed by atoms with van der Waals surface area (Å²) in [5.41, 5.74) is 2.32. The van der Waals surface area contributed by atoms with Gasteiger partial charge in [0.2, 0.25) is 4.73 Å². The number of nitrogens with zero attached hydrogens (tertiary/aromatic N) is 3. The topological polar surface area (TPSA) is 103 Å². The molecule has 1 saturated heterocycles. The third-order valence-corrected chi connectivity index (χ3v) is 8.57. The zero-order chi connectivity index (χ0) is 27.5. The standard InChI is InChI=1S/C27H32BrN3O7S/c1-33-22-20(38-25(36-4)24(35-3)23(22)34-2)13-37-21(32)14-39-27-30-29-26(28)31(27)19-12-11-16(15-9-10-15)17-7-5-6-8-18(17)19/h5-8,11-12,15,20,22-25H,9-10,13-14H2,1-4H3/t20?,22-,23+,24?,25-/m1/s1. The van der Waals surface area contributed by atoms with Crippen molar-refractivity contribution in [3.63, 3.8) is 0 Å². The quantitative estimate of drug-likeness (QED) is 0.229. The van der Waals surface area contributed by atoms with Gasteiger partial charge in [-0.2, -0.15) is 0 Å². The molecule has 10 nitrogen and oxygen atoms in total. The van der Waals surface area contributed by atoms with Gasteiger partial charge in [0.15, 0.2) is 11.4 Å². The van der Waals surface area contributed by atoms with E-state index in [0.717, 1.165) is 11.1 Å². The van der Waals surface area contributed by atoms with Gasteiger partial charge in [0, 0.05) is 33.8 Å². The van der Waals surface area contributed by atoms with Gasteiger partial charge in [-0.3, -0.25) is 9.36 Å². The minimum atomic E-state index is -0.693. The summed E-state index contributed by atoms with van der Waals surface area (Å²) >= 11 is 4.79. The molecule has 2 unspecified atom stereocenters. The molecular formula is C27H32BrN3O7S. The van der Waals surface area contributed by atoms with Gasteiger partial charge >= 0.3 is 5.97 Å². The second-order valence-electron chi connectivity index (χ2n) is 9.43. The van der Waals surface area contributed by atoms with E-state index in [-0.39, 0.29) is 12.4 Å². The van der Waals surface area contributed by atoms with Gasteiger partial charge in [0.1, 0.15) is 31.0 Å². The van der Waals surface area contributed by atoms with E-state index in [2.05, 4.69) is 56.5 Å². The molecule has 5 rings (SSSR count). The lowest BCUT2D eigenvalue weighted by atomic mass is 9.98. The molecule has 0 amide bonds. The summed E-state index contributed by atoms with van der Waals surface area (Å²) in [4.78, 5) is 12.8. The van der Waals surface area contributed by atoms with Gasteiger partial charge in [0.05, 0.1) is 11.4 Å². The van der Waals surface area contributed by atoms with Crippen molar-refractivity contribution in [3.05, 3.63) is 46.7 Å². The van der Waals surface area contributed by atoms with Gasteiger partial charge in [-0.25, -0.2) is 0 Å². The maximum Gasteiger partial charge on any atom is 0.316 e. The number of ether oxygens (including phenoxy) is 6. The van der Waals surface area contributed by atoms with Crippen molar-refractivity contribution >= 4 is 44.4 Å². The average molecular weight is 623 g/mol. The van der Waals surface area contributed by atoms with Gasteiger partial charge in [-0.15, -0.1) is 10.2 Å². The van der Waals surface area contributed by atoms with Crippen molar-refractivity contribution < 1.29 is 33.2 Å². The Morgan fingerprint density at radius 3 is 2.36 bits per heavy atom. The Morgan fingerprint density at radius 2 is 1.69 bits per heavy atom. The van der Waals surface area contributed by atoms with Crippen LogP contribution < -0.4 is 0 Å². The van der Waals surface area contributed by atoms with Crippen LogP contribution in [0.2, 0.25) is 0 Å². The van der Waals surface area contributed by atoms with Crippen molar-refractivity contribution in [1.82, 2.24) is 14.8 Å². The fourth-order valence-electron chi connectivity index (χ4n) is 5.14. The van der Waals surface area contributed by atoms with Crippen LogP contribution in [0.15, 0.2) is 46.3 Å². The molecule has 5 atom stereocenters. The number of hydrogen-bond acceptors (Lipinski definition) is 10. The predicted octanol–water partition coefficient (Wildman–Crippen LogP) is 4.11. The molecule has 0 bridgehead atoms. The van der Waals surface area contributed by atoms with Crippen molar-refractivity contribution in [1.29, 1.82) is 0 Å². The number of aromatic nitrogens is 3. The SMILES string of the molecule is COC1[C@H](OC)OC(COC(=O)CSc2nnc(Br)n2-c2ccc(C3CC3)c3ccccc23)[C@@H](OC)[C@@H]1OC. The van der Waals surface area contributed by atoms with Crippen LogP contribution in [-0.2, 0) is 33.2 Å². The van der Waals surface area contributed by atoms with E-state index in [9.17, 15) is 4.79 Å². The molecule has 1 aromatic heterocycles. The molecule has 2 heterocycles. The molecule has 1 aliphatic carbocycles. The van der Waals surface area contributed by atoms with Crippen LogP contribution >= 0.6 is 27.7 Å². The minimum Gasteiger partial charge on any atom is -0.462 e. The van der Waals surface area contributed by atoms with Crippen molar-refractivity contribution in [2.75, 3.05) is 40.8 Å². The molecule has 0 radical (unpaired) electrons. The van der Waals surface area contributed by atoms with Crippen LogP contribution in [0, 0.1) is 0 Å². The summed E-state index contributed by atoms with van der Waals surface area (Å²) < 4.78 is 36.2. The fourth-order valence-corrected chi connectivity index (χ4v) is 6.44. The highest BCUT2D eigenvalue weighted by Crippen LogP contribution is 2.44. The van der Waals surface area contributed by atoms with Crippen LogP contribution in [-0.4, -0.2) is 92.2 Å². The van der Waals surface area contributed by atoms with E-state index in [1.165, 1.54) is 42.7 Å². The van der Waals surface area contributed by atoms with Crippen LogP contribution in [0.3, 0.4) is 0 Å². The number of fused-ring (bicyclic) bond motifs is 1. The highest BCUT2D eigenvalue weighted by molar-refractivity contribution is 9.10. The molecule has 39 heavy (non-hydrogen) atoms. The number of benzene rings is 2. The fraction of sp³-hybridized carbons (Fsp3) is 0.519. The molecule has 0 N–H and O–H groups in total. The first-order valence-corrected chi connectivity index (χ1v) is 14.5. The Morgan fingerprint density at radius 1 is 0.974 bits per heavy atom. The molecule has 3 aromatic rings. The monoisotopic (exact) mass is 621 g/mol. The normalized spacial score (nSPS) is 25.2. The summed E-state index contributed by atoms with van der Waals surface area (Å²) in [6, 6.07) is 12.7. The summed E-state index contributed by atoms with van der Waals surface area (Å²) in [6.45, 7) is -0.0301. The predicted molar refractivity (Wildman–Crippen MR) is 148 cm³/mol. The Balaban J connectivity index is 1.27. The Hall–Kier alpha value is -2.06. The Kier molecular flexibility index (Phi) is 9.22. The first kappa shape index (κ1) is 28.5. The number of methoxy groups -OCH3 is 4. The Bertz CT molecular complexity index is 1300. The number of carbonyl (C=O) groups is 1. The second-order valence-corrected chi connectivity index (χ2v) is 11.1. The number of hydrogen-bond donors (Lipinski definition) is 0. The number of thioether (sulfide) groups is 1. The molecule has 1 aliphatic heterocycles. The van der Waals surface area contributed by atoms with Gasteiger partial charge < -0.3 is 28.4 Å². The second kappa shape index (κ2) is 12.6. The minimum absolute atomic E-state index is 0.0301. The Labute approximate surface area is 239 Å². The van der Waals surface area contributed by atoms with Crippen LogP contribution in [0.1, 0.15) is 24.3 Å². The lowest BCUT2D eigenvalue weighted by Gasteiger charge is -2.43. The van der Waals surface area contributed by atoms with Gasteiger partial charge in [-0.1, -0.05) is 42.1 Å². The average Bonchev–Trinajstić information content (AvgIpc) is 3.75. The largest absolute Gasteiger partial charge is 0.462 e. The number of rotatable bonds is 11. The van der Waals surface area contributed by atoms with Crippen LogP contribution in [0.25, 0.3) is 16.5 Å². The smallest absolute Gasteiger partial charge is 0.316 e. The molecule has 2 aliphatic rings. The molecule has 0 spiro atoms. The van der Waals surface area contributed by atoms with Crippen molar-refractivity contribution in [2.24, 2.45) is 0 Å². The summed E-state index contributed by atoms with van der Waals surface area (Å²) in [5.74, 6) is 0.242. The van der Waals surface area contributed by atoms with E-state index in [1.54, 1.807) is 21.3 Å².